The molecule has 0 amide bonds. The van der Waals surface area contributed by atoms with Gasteiger partial charge in [-0.1, -0.05) is 52.0 Å². The average Bonchev–Trinajstić information content (AvgIpc) is 2.65. The third-order valence-electron chi connectivity index (χ3n) is 5.50. The van der Waals surface area contributed by atoms with Crippen LogP contribution in [0.15, 0.2) is 35.5 Å². The van der Waals surface area contributed by atoms with E-state index in [0.29, 0.717) is 11.5 Å². The van der Waals surface area contributed by atoms with E-state index in [9.17, 15) is 0 Å². The molecule has 0 radical (unpaired) electrons. The van der Waals surface area contributed by atoms with E-state index in [1.165, 1.54) is 24.0 Å². The third kappa shape index (κ3) is 2.09. The highest BCUT2D eigenvalue weighted by Crippen LogP contribution is 2.48. The van der Waals surface area contributed by atoms with Crippen molar-refractivity contribution in [2.24, 2.45) is 16.6 Å². The lowest BCUT2D eigenvalue weighted by atomic mass is 9.62. The minimum Gasteiger partial charge on any atom is -0.327 e. The lowest BCUT2D eigenvalue weighted by Gasteiger charge is -2.42. The summed E-state index contributed by atoms with van der Waals surface area (Å²) >= 11 is 0. The molecule has 0 fully saturated rings. The van der Waals surface area contributed by atoms with Crippen LogP contribution in [0.2, 0.25) is 0 Å². The van der Waals surface area contributed by atoms with Crippen LogP contribution in [-0.4, -0.2) is 6.04 Å². The van der Waals surface area contributed by atoms with Gasteiger partial charge in [0.25, 0.3) is 0 Å². The Bertz CT molecular complexity index is 381. The van der Waals surface area contributed by atoms with E-state index in [4.69, 9.17) is 5.73 Å². The highest BCUT2D eigenvalue weighted by atomic mass is 14.6. The molecule has 0 unspecified atom stereocenters. The second-order valence-corrected chi connectivity index (χ2v) is 6.44. The Morgan fingerprint density at radius 1 is 1.17 bits per heavy atom. The Morgan fingerprint density at radius 2 is 1.61 bits per heavy atom. The molecule has 2 rings (SSSR count). The van der Waals surface area contributed by atoms with Crippen LogP contribution in [0.1, 0.15) is 53.4 Å². The topological polar surface area (TPSA) is 26.0 Å². The van der Waals surface area contributed by atoms with E-state index < -0.39 is 0 Å². The van der Waals surface area contributed by atoms with Gasteiger partial charge in [-0.05, 0) is 42.2 Å². The second-order valence-electron chi connectivity index (χ2n) is 6.44. The summed E-state index contributed by atoms with van der Waals surface area (Å²) in [5.41, 5.74) is 9.45. The van der Waals surface area contributed by atoms with Crippen LogP contribution in [0.5, 0.6) is 0 Å². The Labute approximate surface area is 112 Å². The molecule has 18 heavy (non-hydrogen) atoms. The first kappa shape index (κ1) is 13.6. The van der Waals surface area contributed by atoms with Gasteiger partial charge in [0.1, 0.15) is 0 Å². The van der Waals surface area contributed by atoms with Gasteiger partial charge in [0.05, 0.1) is 0 Å². The predicted octanol–water partition coefficient (Wildman–Crippen LogP) is 4.36. The van der Waals surface area contributed by atoms with Crippen LogP contribution < -0.4 is 5.73 Å². The summed E-state index contributed by atoms with van der Waals surface area (Å²) in [5.74, 6) is 0. The van der Waals surface area contributed by atoms with Gasteiger partial charge in [-0.15, -0.1) is 0 Å². The van der Waals surface area contributed by atoms with E-state index in [1.54, 1.807) is 0 Å². The zero-order chi connectivity index (χ0) is 13.4. The molecule has 0 heterocycles. The van der Waals surface area contributed by atoms with Gasteiger partial charge in [0.2, 0.25) is 0 Å². The van der Waals surface area contributed by atoms with E-state index in [-0.39, 0.29) is 5.41 Å². The third-order valence-corrected chi connectivity index (χ3v) is 5.50. The summed E-state index contributed by atoms with van der Waals surface area (Å²) in [6, 6.07) is 0.331. The summed E-state index contributed by atoms with van der Waals surface area (Å²) in [5, 5.41) is 0. The number of rotatable bonds is 3. The first-order chi connectivity index (χ1) is 8.44. The Hall–Kier alpha value is -0.820. The van der Waals surface area contributed by atoms with Crippen molar-refractivity contribution in [1.29, 1.82) is 0 Å². The molecule has 0 saturated heterocycles. The Balaban J connectivity index is 2.31. The number of allylic oxidation sites excluding steroid dienone is 4. The number of hydrogen-bond donors (Lipinski definition) is 1. The standard InChI is InChI=1S/C17H27N/c1-5-16(3,6-2)17(4)9-7-13-11-15(18)12-14(13)8-10-17/h7-10,15H,5-6,11-12,18H2,1-4H3. The van der Waals surface area contributed by atoms with Crippen molar-refractivity contribution in [2.45, 2.75) is 59.4 Å². The summed E-state index contributed by atoms with van der Waals surface area (Å²) in [7, 11) is 0. The molecule has 0 atom stereocenters. The normalized spacial score (nSPS) is 23.4. The lowest BCUT2D eigenvalue weighted by Crippen LogP contribution is -2.33. The van der Waals surface area contributed by atoms with Crippen LogP contribution in [0.25, 0.3) is 0 Å². The summed E-state index contributed by atoms with van der Waals surface area (Å²) in [6.07, 6.45) is 14.0. The Morgan fingerprint density at radius 3 is 2.00 bits per heavy atom. The fraction of sp³-hybridized carbons (Fsp3) is 0.647. The smallest absolute Gasteiger partial charge is 0.0120 e. The molecule has 1 heteroatoms. The van der Waals surface area contributed by atoms with Crippen molar-refractivity contribution in [3.63, 3.8) is 0 Å². The minimum atomic E-state index is 0.158. The van der Waals surface area contributed by atoms with E-state index >= 15 is 0 Å². The van der Waals surface area contributed by atoms with Crippen molar-refractivity contribution in [3.8, 4) is 0 Å². The molecule has 0 aromatic carbocycles. The minimum absolute atomic E-state index is 0.158. The number of hydrogen-bond acceptors (Lipinski definition) is 1. The number of nitrogens with two attached hydrogens (primary N) is 1. The molecule has 2 aliphatic carbocycles. The molecule has 2 N–H and O–H groups in total. The van der Waals surface area contributed by atoms with Gasteiger partial charge in [0.15, 0.2) is 0 Å². The second kappa shape index (κ2) is 4.70. The fourth-order valence-corrected chi connectivity index (χ4v) is 3.27. The summed E-state index contributed by atoms with van der Waals surface area (Å²) in [4.78, 5) is 0. The SMILES string of the molecule is CCC(C)(CC)C1(C)C=CC2=C(C=C1)CC(N)C2. The molecule has 100 valence electrons. The highest BCUT2D eigenvalue weighted by Gasteiger charge is 2.39. The van der Waals surface area contributed by atoms with Crippen LogP contribution >= 0.6 is 0 Å². The van der Waals surface area contributed by atoms with Gasteiger partial charge < -0.3 is 5.73 Å². The van der Waals surface area contributed by atoms with Gasteiger partial charge >= 0.3 is 0 Å². The largest absolute Gasteiger partial charge is 0.327 e. The lowest BCUT2D eigenvalue weighted by molar-refractivity contribution is 0.155. The molecule has 2 aliphatic rings. The maximum absolute atomic E-state index is 6.04. The molecule has 1 nitrogen and oxygen atoms in total. The summed E-state index contributed by atoms with van der Waals surface area (Å²) in [6.45, 7) is 9.38. The molecule has 0 aromatic rings. The van der Waals surface area contributed by atoms with Crippen molar-refractivity contribution in [3.05, 3.63) is 35.5 Å². The fourth-order valence-electron chi connectivity index (χ4n) is 3.27. The van der Waals surface area contributed by atoms with Gasteiger partial charge in [0, 0.05) is 11.5 Å². The van der Waals surface area contributed by atoms with E-state index in [1.807, 2.05) is 0 Å². The van der Waals surface area contributed by atoms with Gasteiger partial charge in [-0.2, -0.15) is 0 Å². The molecule has 0 saturated carbocycles. The molecule has 0 bridgehead atoms. The molecular weight excluding hydrogens is 218 g/mol. The average molecular weight is 245 g/mol. The van der Waals surface area contributed by atoms with Crippen molar-refractivity contribution in [1.82, 2.24) is 0 Å². The Kier molecular flexibility index (Phi) is 3.55. The van der Waals surface area contributed by atoms with Crippen LogP contribution in [0, 0.1) is 10.8 Å². The maximum Gasteiger partial charge on any atom is 0.0120 e. The van der Waals surface area contributed by atoms with Crippen molar-refractivity contribution in [2.75, 3.05) is 0 Å². The van der Waals surface area contributed by atoms with Gasteiger partial charge in [-0.25, -0.2) is 0 Å². The molecule has 0 aliphatic heterocycles. The van der Waals surface area contributed by atoms with E-state index in [2.05, 4.69) is 52.0 Å². The van der Waals surface area contributed by atoms with Gasteiger partial charge in [-0.3, -0.25) is 0 Å². The molecule has 0 aromatic heterocycles. The van der Waals surface area contributed by atoms with Crippen LogP contribution in [-0.2, 0) is 0 Å². The van der Waals surface area contributed by atoms with Crippen molar-refractivity contribution >= 4 is 0 Å². The monoisotopic (exact) mass is 245 g/mol. The zero-order valence-electron chi connectivity index (χ0n) is 12.3. The maximum atomic E-state index is 6.04. The quantitative estimate of drug-likeness (QED) is 0.785. The first-order valence-electron chi connectivity index (χ1n) is 7.30. The molecular formula is C17H27N. The van der Waals surface area contributed by atoms with Crippen LogP contribution in [0.3, 0.4) is 0 Å². The zero-order valence-corrected chi connectivity index (χ0v) is 12.3. The molecule has 0 spiro atoms. The first-order valence-corrected chi connectivity index (χ1v) is 7.30. The summed E-state index contributed by atoms with van der Waals surface area (Å²) < 4.78 is 0. The van der Waals surface area contributed by atoms with E-state index in [0.717, 1.165) is 12.8 Å². The van der Waals surface area contributed by atoms with Crippen LogP contribution in [0.4, 0.5) is 0 Å². The predicted molar refractivity (Wildman–Crippen MR) is 79.3 cm³/mol. The highest BCUT2D eigenvalue weighted by molar-refractivity contribution is 5.43. The van der Waals surface area contributed by atoms with Crippen molar-refractivity contribution < 1.29 is 0 Å².